The molecule has 2 aromatic heterocycles. The van der Waals surface area contributed by atoms with Gasteiger partial charge in [-0.2, -0.15) is 0 Å². The molecule has 1 aliphatic rings. The predicted molar refractivity (Wildman–Crippen MR) is 105 cm³/mol. The lowest BCUT2D eigenvalue weighted by Gasteiger charge is -2.17. The van der Waals surface area contributed by atoms with Gasteiger partial charge >= 0.3 is 0 Å². The van der Waals surface area contributed by atoms with Crippen LogP contribution in [-0.2, 0) is 11.3 Å². The molecule has 1 aromatic carbocycles. The highest BCUT2D eigenvalue weighted by Gasteiger charge is 2.33. The average Bonchev–Trinajstić information content (AvgIpc) is 3.23. The molecule has 4 rings (SSSR count). The Kier molecular flexibility index (Phi) is 4.67. The number of anilines is 1. The lowest BCUT2D eigenvalue weighted by molar-refractivity contribution is -0.129. The van der Waals surface area contributed by atoms with E-state index in [1.54, 1.807) is 17.0 Å². The predicted octanol–water partition coefficient (Wildman–Crippen LogP) is 2.46. The van der Waals surface area contributed by atoms with Crippen molar-refractivity contribution in [2.24, 2.45) is 0 Å². The molecule has 138 valence electrons. The summed E-state index contributed by atoms with van der Waals surface area (Å²) >= 11 is 7.05. The molecular formula is C18H16ClN5O2S. The Morgan fingerprint density at radius 2 is 2.19 bits per heavy atom. The molecule has 0 spiro atoms. The molecule has 0 saturated carbocycles. The van der Waals surface area contributed by atoms with Crippen LogP contribution in [0, 0.1) is 0 Å². The van der Waals surface area contributed by atoms with Gasteiger partial charge in [0, 0.05) is 18.5 Å². The average molecular weight is 402 g/mol. The van der Waals surface area contributed by atoms with Gasteiger partial charge in [-0.15, -0.1) is 11.3 Å². The Bertz CT molecular complexity index is 1040. The summed E-state index contributed by atoms with van der Waals surface area (Å²) < 4.78 is 0.542. The summed E-state index contributed by atoms with van der Waals surface area (Å²) in [5.41, 5.74) is 7.53. The molecule has 7 nitrogen and oxygen atoms in total. The molecule has 27 heavy (non-hydrogen) atoms. The summed E-state index contributed by atoms with van der Waals surface area (Å²) in [5, 5.41) is 3.58. The number of amides is 2. The number of fused-ring (bicyclic) bond motifs is 1. The van der Waals surface area contributed by atoms with E-state index in [0.717, 1.165) is 16.5 Å². The second-order valence-electron chi connectivity index (χ2n) is 6.29. The normalized spacial score (nSPS) is 16.9. The largest absolute Gasteiger partial charge is 0.383 e. The highest BCUT2D eigenvalue weighted by molar-refractivity contribution is 7.18. The van der Waals surface area contributed by atoms with E-state index < -0.39 is 6.04 Å². The van der Waals surface area contributed by atoms with E-state index in [0.29, 0.717) is 34.5 Å². The van der Waals surface area contributed by atoms with Gasteiger partial charge in [-0.1, -0.05) is 17.7 Å². The van der Waals surface area contributed by atoms with Gasteiger partial charge in [0.1, 0.15) is 18.2 Å². The summed E-state index contributed by atoms with van der Waals surface area (Å²) in [6, 6.07) is 8.48. The number of likely N-dealkylation sites (tertiary alicyclic amines) is 1. The van der Waals surface area contributed by atoms with Crippen molar-refractivity contribution in [2.75, 3.05) is 12.3 Å². The zero-order valence-electron chi connectivity index (χ0n) is 14.2. The SMILES string of the molecule is Nc1ncnc2cc(CN3CC[C@@H](NC(=O)c4ccc(Cl)s4)C3=O)ccc12. The number of benzene rings is 1. The minimum atomic E-state index is -0.517. The van der Waals surface area contributed by atoms with Crippen LogP contribution in [0.3, 0.4) is 0 Å². The monoisotopic (exact) mass is 401 g/mol. The first-order chi connectivity index (χ1) is 13.0. The molecule has 3 aromatic rings. The Balaban J connectivity index is 1.43. The fraction of sp³-hybridized carbons (Fsp3) is 0.222. The molecule has 0 radical (unpaired) electrons. The van der Waals surface area contributed by atoms with Gasteiger partial charge in [-0.3, -0.25) is 9.59 Å². The third-order valence-corrected chi connectivity index (χ3v) is 5.73. The number of nitrogens with zero attached hydrogens (tertiary/aromatic N) is 3. The smallest absolute Gasteiger partial charge is 0.262 e. The maximum atomic E-state index is 12.6. The second kappa shape index (κ2) is 7.13. The van der Waals surface area contributed by atoms with Crippen LogP contribution >= 0.6 is 22.9 Å². The number of nitrogen functional groups attached to an aromatic ring is 1. The van der Waals surface area contributed by atoms with Crippen LogP contribution in [0.25, 0.3) is 10.9 Å². The Morgan fingerprint density at radius 1 is 1.33 bits per heavy atom. The number of aromatic nitrogens is 2. The standard InChI is InChI=1S/C18H16ClN5O2S/c19-15-4-3-14(27-15)17(25)23-12-5-6-24(18(12)26)8-10-1-2-11-13(7-10)21-9-22-16(11)20/h1-4,7,9,12H,5-6,8H2,(H,23,25)(H2,20,21,22)/t12-/m1/s1. The van der Waals surface area contributed by atoms with Crippen LogP contribution in [0.4, 0.5) is 5.82 Å². The van der Waals surface area contributed by atoms with Crippen molar-refractivity contribution in [3.05, 3.63) is 51.4 Å². The first-order valence-electron chi connectivity index (χ1n) is 8.35. The molecule has 9 heteroatoms. The first kappa shape index (κ1) is 17.7. The van der Waals surface area contributed by atoms with Gasteiger partial charge in [0.05, 0.1) is 14.7 Å². The van der Waals surface area contributed by atoms with Gasteiger partial charge in [0.15, 0.2) is 0 Å². The molecule has 2 amide bonds. The highest BCUT2D eigenvalue weighted by atomic mass is 35.5. The summed E-state index contributed by atoms with van der Waals surface area (Å²) in [6.45, 7) is 1.04. The summed E-state index contributed by atoms with van der Waals surface area (Å²) in [5.74, 6) is 0.0681. The molecule has 1 atom stereocenters. The molecule has 1 aliphatic heterocycles. The maximum Gasteiger partial charge on any atom is 0.262 e. The van der Waals surface area contributed by atoms with Crippen LogP contribution in [0.1, 0.15) is 21.7 Å². The second-order valence-corrected chi connectivity index (χ2v) is 8.00. The number of halogens is 1. The van der Waals surface area contributed by atoms with Crippen molar-refractivity contribution in [3.8, 4) is 0 Å². The van der Waals surface area contributed by atoms with Gasteiger partial charge in [0.25, 0.3) is 5.91 Å². The Hall–Kier alpha value is -2.71. The van der Waals surface area contributed by atoms with E-state index in [4.69, 9.17) is 17.3 Å². The Morgan fingerprint density at radius 3 is 2.96 bits per heavy atom. The molecular weight excluding hydrogens is 386 g/mol. The number of thiophene rings is 1. The van der Waals surface area contributed by atoms with Crippen molar-refractivity contribution < 1.29 is 9.59 Å². The van der Waals surface area contributed by atoms with E-state index in [2.05, 4.69) is 15.3 Å². The van der Waals surface area contributed by atoms with Crippen LogP contribution < -0.4 is 11.1 Å². The summed E-state index contributed by atoms with van der Waals surface area (Å²) in [6.07, 6.45) is 2.00. The third kappa shape index (κ3) is 3.58. The number of hydrogen-bond acceptors (Lipinski definition) is 6. The van der Waals surface area contributed by atoms with E-state index in [9.17, 15) is 9.59 Å². The van der Waals surface area contributed by atoms with Crippen LogP contribution in [0.15, 0.2) is 36.7 Å². The third-order valence-electron chi connectivity index (χ3n) is 4.50. The van der Waals surface area contributed by atoms with Crippen molar-refractivity contribution in [1.29, 1.82) is 0 Å². The van der Waals surface area contributed by atoms with Crippen molar-refractivity contribution in [1.82, 2.24) is 20.2 Å². The van der Waals surface area contributed by atoms with Crippen molar-refractivity contribution in [2.45, 2.75) is 19.0 Å². The van der Waals surface area contributed by atoms with Crippen LogP contribution in [0.2, 0.25) is 4.34 Å². The van der Waals surface area contributed by atoms with Crippen LogP contribution in [0.5, 0.6) is 0 Å². The number of rotatable bonds is 4. The zero-order chi connectivity index (χ0) is 19.0. The number of carbonyl (C=O) groups excluding carboxylic acids is 2. The van der Waals surface area contributed by atoms with Crippen LogP contribution in [-0.4, -0.2) is 39.3 Å². The molecule has 1 fully saturated rings. The fourth-order valence-corrected chi connectivity index (χ4v) is 4.08. The molecule has 3 heterocycles. The minimum absolute atomic E-state index is 0.0895. The van der Waals surface area contributed by atoms with Gasteiger partial charge in [-0.25, -0.2) is 9.97 Å². The molecule has 0 aliphatic carbocycles. The molecule has 3 N–H and O–H groups in total. The zero-order valence-corrected chi connectivity index (χ0v) is 15.8. The molecule has 0 bridgehead atoms. The Labute approximate surface area is 164 Å². The number of nitrogens with one attached hydrogen (secondary N) is 1. The fourth-order valence-electron chi connectivity index (χ4n) is 3.14. The topological polar surface area (TPSA) is 101 Å². The lowest BCUT2D eigenvalue weighted by atomic mass is 10.1. The van der Waals surface area contributed by atoms with E-state index >= 15 is 0 Å². The van der Waals surface area contributed by atoms with Gasteiger partial charge in [-0.05, 0) is 36.2 Å². The van der Waals surface area contributed by atoms with E-state index in [-0.39, 0.29) is 11.8 Å². The molecule has 1 saturated heterocycles. The van der Waals surface area contributed by atoms with Gasteiger partial charge in [0.2, 0.25) is 5.91 Å². The molecule has 0 unspecified atom stereocenters. The minimum Gasteiger partial charge on any atom is -0.383 e. The lowest BCUT2D eigenvalue weighted by Crippen LogP contribution is -2.41. The number of carbonyl (C=O) groups is 2. The van der Waals surface area contributed by atoms with E-state index in [1.165, 1.54) is 17.7 Å². The summed E-state index contributed by atoms with van der Waals surface area (Å²) in [7, 11) is 0. The van der Waals surface area contributed by atoms with Crippen molar-refractivity contribution >= 4 is 51.5 Å². The maximum absolute atomic E-state index is 12.6. The van der Waals surface area contributed by atoms with Crippen molar-refractivity contribution in [3.63, 3.8) is 0 Å². The summed E-state index contributed by atoms with van der Waals surface area (Å²) in [4.78, 5) is 35.3. The number of nitrogens with two attached hydrogens (primary N) is 1. The van der Waals surface area contributed by atoms with Gasteiger partial charge < -0.3 is 16.0 Å². The van der Waals surface area contributed by atoms with E-state index in [1.807, 2.05) is 18.2 Å². The highest BCUT2D eigenvalue weighted by Crippen LogP contribution is 2.23. The number of hydrogen-bond donors (Lipinski definition) is 2. The quantitative estimate of drug-likeness (QED) is 0.699. The first-order valence-corrected chi connectivity index (χ1v) is 9.55.